The summed E-state index contributed by atoms with van der Waals surface area (Å²) in [6.07, 6.45) is 1.30. The number of fused-ring (bicyclic) bond motifs is 1. The Morgan fingerprint density at radius 1 is 1.27 bits per heavy atom. The van der Waals surface area contributed by atoms with Gasteiger partial charge in [-0.05, 0) is 58.7 Å². The molecule has 9 heteroatoms. The molecule has 0 aliphatic carbocycles. The standard InChI is InChI=1S/C21H26N4O4S/c1-13-22-16-6-5-14(11-17(16)30-13)19-23-18(24-29-19)12-27-15-7-9-25(10-8-15)20(26)28-21(2,3)4/h5-6,11,15H,7-10,12H2,1-4H3. The molecule has 1 aliphatic rings. The highest BCUT2D eigenvalue weighted by Gasteiger charge is 2.27. The van der Waals surface area contributed by atoms with E-state index in [9.17, 15) is 4.79 Å². The van der Waals surface area contributed by atoms with Gasteiger partial charge in [-0.1, -0.05) is 5.16 Å². The first-order chi connectivity index (χ1) is 14.3. The Morgan fingerprint density at radius 2 is 2.03 bits per heavy atom. The maximum atomic E-state index is 12.1. The molecular formula is C21H26N4O4S. The lowest BCUT2D eigenvalue weighted by Gasteiger charge is -2.33. The normalized spacial score (nSPS) is 15.7. The number of aromatic nitrogens is 3. The molecule has 3 aromatic rings. The van der Waals surface area contributed by atoms with Crippen molar-refractivity contribution in [3.8, 4) is 11.5 Å². The molecule has 2 aromatic heterocycles. The fourth-order valence-electron chi connectivity index (χ4n) is 3.33. The zero-order chi connectivity index (χ0) is 21.3. The highest BCUT2D eigenvalue weighted by molar-refractivity contribution is 7.18. The van der Waals surface area contributed by atoms with Gasteiger partial charge in [0, 0.05) is 18.7 Å². The van der Waals surface area contributed by atoms with Crippen LogP contribution in [-0.2, 0) is 16.1 Å². The molecule has 0 radical (unpaired) electrons. The highest BCUT2D eigenvalue weighted by atomic mass is 32.1. The Bertz CT molecular complexity index is 1030. The number of carbonyl (C=O) groups is 1. The van der Waals surface area contributed by atoms with Crippen molar-refractivity contribution in [2.24, 2.45) is 0 Å². The molecule has 0 spiro atoms. The van der Waals surface area contributed by atoms with Crippen LogP contribution in [0.4, 0.5) is 4.79 Å². The van der Waals surface area contributed by atoms with Gasteiger partial charge < -0.3 is 18.9 Å². The van der Waals surface area contributed by atoms with E-state index in [1.54, 1.807) is 16.2 Å². The highest BCUT2D eigenvalue weighted by Crippen LogP contribution is 2.27. The van der Waals surface area contributed by atoms with Crippen molar-refractivity contribution in [2.75, 3.05) is 13.1 Å². The van der Waals surface area contributed by atoms with E-state index in [0.29, 0.717) is 24.8 Å². The Balaban J connectivity index is 1.29. The molecule has 4 rings (SSSR count). The number of nitrogens with zero attached hydrogens (tertiary/aromatic N) is 4. The minimum atomic E-state index is -0.482. The summed E-state index contributed by atoms with van der Waals surface area (Å²) in [7, 11) is 0. The number of piperidine rings is 1. The average molecular weight is 431 g/mol. The van der Waals surface area contributed by atoms with E-state index in [0.717, 1.165) is 33.6 Å². The van der Waals surface area contributed by atoms with Crippen LogP contribution in [0.25, 0.3) is 21.7 Å². The lowest BCUT2D eigenvalue weighted by atomic mass is 10.1. The summed E-state index contributed by atoms with van der Waals surface area (Å²) < 4.78 is 17.9. The molecule has 8 nitrogen and oxygen atoms in total. The van der Waals surface area contributed by atoms with Gasteiger partial charge in [-0.3, -0.25) is 0 Å². The predicted molar refractivity (Wildman–Crippen MR) is 113 cm³/mol. The van der Waals surface area contributed by atoms with E-state index in [4.69, 9.17) is 14.0 Å². The van der Waals surface area contributed by atoms with Crippen LogP contribution in [-0.4, -0.2) is 50.9 Å². The van der Waals surface area contributed by atoms with Crippen LogP contribution < -0.4 is 0 Å². The Hall–Kier alpha value is -2.52. The van der Waals surface area contributed by atoms with E-state index in [-0.39, 0.29) is 18.8 Å². The van der Waals surface area contributed by atoms with Crippen molar-refractivity contribution in [3.05, 3.63) is 29.0 Å². The van der Waals surface area contributed by atoms with Crippen molar-refractivity contribution in [1.82, 2.24) is 20.0 Å². The molecule has 30 heavy (non-hydrogen) atoms. The average Bonchev–Trinajstić information content (AvgIpc) is 3.30. The van der Waals surface area contributed by atoms with Crippen molar-refractivity contribution in [3.63, 3.8) is 0 Å². The molecule has 3 heterocycles. The van der Waals surface area contributed by atoms with Crippen molar-refractivity contribution in [2.45, 2.75) is 58.8 Å². The van der Waals surface area contributed by atoms with Crippen LogP contribution in [0.1, 0.15) is 44.4 Å². The summed E-state index contributed by atoms with van der Waals surface area (Å²) in [6, 6.07) is 5.92. The number of hydrogen-bond acceptors (Lipinski definition) is 8. The maximum Gasteiger partial charge on any atom is 0.410 e. The van der Waals surface area contributed by atoms with E-state index in [1.807, 2.05) is 45.9 Å². The second-order valence-electron chi connectivity index (χ2n) is 8.41. The van der Waals surface area contributed by atoms with Gasteiger partial charge in [0.25, 0.3) is 5.89 Å². The molecule has 0 unspecified atom stereocenters. The number of amides is 1. The third-order valence-electron chi connectivity index (χ3n) is 4.75. The minimum Gasteiger partial charge on any atom is -0.444 e. The minimum absolute atomic E-state index is 0.0576. The fourth-order valence-corrected chi connectivity index (χ4v) is 4.19. The molecule has 160 valence electrons. The number of ether oxygens (including phenoxy) is 2. The van der Waals surface area contributed by atoms with Crippen LogP contribution in [0.2, 0.25) is 0 Å². The van der Waals surface area contributed by atoms with Gasteiger partial charge >= 0.3 is 6.09 Å². The summed E-state index contributed by atoms with van der Waals surface area (Å²) in [5.41, 5.74) is 1.36. The Morgan fingerprint density at radius 3 is 2.77 bits per heavy atom. The lowest BCUT2D eigenvalue weighted by Crippen LogP contribution is -2.43. The Labute approximate surface area is 179 Å². The number of hydrogen-bond donors (Lipinski definition) is 0. The van der Waals surface area contributed by atoms with Crippen LogP contribution in [0.5, 0.6) is 0 Å². The van der Waals surface area contributed by atoms with Gasteiger partial charge in [0.2, 0.25) is 0 Å². The maximum absolute atomic E-state index is 12.1. The van der Waals surface area contributed by atoms with Gasteiger partial charge in [0.1, 0.15) is 12.2 Å². The van der Waals surface area contributed by atoms with E-state index in [1.165, 1.54) is 0 Å². The first kappa shape index (κ1) is 20.7. The summed E-state index contributed by atoms with van der Waals surface area (Å²) in [5, 5.41) is 5.07. The number of carbonyl (C=O) groups excluding carboxylic acids is 1. The molecule has 0 N–H and O–H groups in total. The topological polar surface area (TPSA) is 90.6 Å². The van der Waals surface area contributed by atoms with Gasteiger partial charge in [-0.15, -0.1) is 11.3 Å². The van der Waals surface area contributed by atoms with E-state index >= 15 is 0 Å². The van der Waals surface area contributed by atoms with Crippen LogP contribution in [0, 0.1) is 6.92 Å². The van der Waals surface area contributed by atoms with E-state index < -0.39 is 5.60 Å². The largest absolute Gasteiger partial charge is 0.444 e. The molecule has 0 atom stereocenters. The van der Waals surface area contributed by atoms with Crippen LogP contribution in [0.3, 0.4) is 0 Å². The van der Waals surface area contributed by atoms with Gasteiger partial charge in [-0.2, -0.15) is 4.98 Å². The molecular weight excluding hydrogens is 404 g/mol. The Kier molecular flexibility index (Phi) is 5.75. The van der Waals surface area contributed by atoms with Crippen LogP contribution in [0.15, 0.2) is 22.7 Å². The fraction of sp³-hybridized carbons (Fsp3) is 0.524. The van der Waals surface area contributed by atoms with Gasteiger partial charge in [0.15, 0.2) is 5.82 Å². The smallest absolute Gasteiger partial charge is 0.410 e. The second kappa shape index (κ2) is 8.31. The first-order valence-electron chi connectivity index (χ1n) is 10.1. The quantitative estimate of drug-likeness (QED) is 0.599. The number of aryl methyl sites for hydroxylation is 1. The molecule has 1 fully saturated rings. The van der Waals surface area contributed by atoms with Crippen molar-refractivity contribution in [1.29, 1.82) is 0 Å². The van der Waals surface area contributed by atoms with Crippen molar-refractivity contribution >= 4 is 27.6 Å². The number of benzene rings is 1. The van der Waals surface area contributed by atoms with Gasteiger partial charge in [-0.25, -0.2) is 9.78 Å². The summed E-state index contributed by atoms with van der Waals surface area (Å²) >= 11 is 1.64. The zero-order valence-electron chi connectivity index (χ0n) is 17.7. The predicted octanol–water partition coefficient (Wildman–Crippen LogP) is 4.57. The molecule has 1 saturated heterocycles. The molecule has 0 saturated carbocycles. The van der Waals surface area contributed by atoms with E-state index in [2.05, 4.69) is 15.1 Å². The summed E-state index contributed by atoms with van der Waals surface area (Å²) in [5.74, 6) is 0.987. The molecule has 1 aromatic carbocycles. The lowest BCUT2D eigenvalue weighted by molar-refractivity contribution is -0.0190. The summed E-state index contributed by atoms with van der Waals surface area (Å²) in [4.78, 5) is 22.8. The number of rotatable bonds is 4. The first-order valence-corrected chi connectivity index (χ1v) is 10.9. The van der Waals surface area contributed by atoms with Crippen LogP contribution >= 0.6 is 11.3 Å². The zero-order valence-corrected chi connectivity index (χ0v) is 18.5. The monoisotopic (exact) mass is 430 g/mol. The second-order valence-corrected chi connectivity index (χ2v) is 9.64. The molecule has 0 bridgehead atoms. The molecule has 1 amide bonds. The third-order valence-corrected chi connectivity index (χ3v) is 5.69. The summed E-state index contributed by atoms with van der Waals surface area (Å²) in [6.45, 7) is 9.12. The SMILES string of the molecule is Cc1nc2ccc(-c3nc(COC4CCN(C(=O)OC(C)(C)C)CC4)no3)cc2s1. The number of thiazole rings is 1. The third kappa shape index (κ3) is 4.96. The molecule has 1 aliphatic heterocycles. The van der Waals surface area contributed by atoms with Crippen molar-refractivity contribution < 1.29 is 18.8 Å². The number of likely N-dealkylation sites (tertiary alicyclic amines) is 1. The van der Waals surface area contributed by atoms with Gasteiger partial charge in [0.05, 0.1) is 21.3 Å².